The molecule has 160 valence electrons. The Morgan fingerprint density at radius 3 is 2.52 bits per heavy atom. The van der Waals surface area contributed by atoms with E-state index < -0.39 is 15.9 Å². The minimum atomic E-state index is -3.68. The summed E-state index contributed by atoms with van der Waals surface area (Å²) in [7, 11) is -3.68. The first kappa shape index (κ1) is 21.6. The average Bonchev–Trinajstić information content (AvgIpc) is 3.23. The lowest BCUT2D eigenvalue weighted by Crippen LogP contribution is -2.43. The molecule has 0 aromatic heterocycles. The number of carbonyl (C=O) groups excluding carboxylic acids is 2. The zero-order valence-electron chi connectivity index (χ0n) is 16.7. The van der Waals surface area contributed by atoms with Crippen LogP contribution in [0.2, 0.25) is 0 Å². The summed E-state index contributed by atoms with van der Waals surface area (Å²) in [5.41, 5.74) is 5.37. The Kier molecular flexibility index (Phi) is 6.79. The molecule has 1 saturated carbocycles. The summed E-state index contributed by atoms with van der Waals surface area (Å²) in [5.74, 6) is -0.554. The van der Waals surface area contributed by atoms with Crippen molar-refractivity contribution < 1.29 is 22.7 Å². The first-order valence-corrected chi connectivity index (χ1v) is 11.6. The molecule has 0 bridgehead atoms. The molecular formula is C20H29N3O5S. The molecule has 2 atom stereocenters. The molecule has 0 unspecified atom stereocenters. The fourth-order valence-electron chi connectivity index (χ4n) is 3.99. The largest absolute Gasteiger partial charge is 0.483 e. The van der Waals surface area contributed by atoms with Gasteiger partial charge in [0.25, 0.3) is 11.8 Å². The Morgan fingerprint density at radius 2 is 1.86 bits per heavy atom. The molecule has 2 amide bonds. The van der Waals surface area contributed by atoms with Gasteiger partial charge in [-0.1, -0.05) is 19.8 Å². The van der Waals surface area contributed by atoms with Crippen LogP contribution >= 0.6 is 0 Å². The van der Waals surface area contributed by atoms with Gasteiger partial charge in [0.2, 0.25) is 10.0 Å². The summed E-state index contributed by atoms with van der Waals surface area (Å²) in [6.07, 6.45) is 5.94. The second kappa shape index (κ2) is 9.13. The number of hydrogen-bond donors (Lipinski definition) is 2. The third kappa shape index (κ3) is 5.08. The molecule has 1 heterocycles. The number of benzene rings is 1. The zero-order chi connectivity index (χ0) is 21.0. The number of rotatable bonds is 7. The van der Waals surface area contributed by atoms with Crippen LogP contribution in [0.25, 0.3) is 0 Å². The van der Waals surface area contributed by atoms with Crippen LogP contribution in [0.4, 0.5) is 0 Å². The van der Waals surface area contributed by atoms with Gasteiger partial charge in [-0.3, -0.25) is 9.59 Å². The van der Waals surface area contributed by atoms with Gasteiger partial charge in [-0.05, 0) is 49.8 Å². The summed E-state index contributed by atoms with van der Waals surface area (Å²) >= 11 is 0. The van der Waals surface area contributed by atoms with Gasteiger partial charge in [0, 0.05) is 19.1 Å². The van der Waals surface area contributed by atoms with Crippen LogP contribution < -0.4 is 15.8 Å². The highest BCUT2D eigenvalue weighted by Crippen LogP contribution is 2.27. The number of carbonyl (C=O) groups is 2. The Morgan fingerprint density at radius 1 is 1.17 bits per heavy atom. The number of sulfonamides is 1. The number of nitrogens with two attached hydrogens (primary N) is 1. The quantitative estimate of drug-likeness (QED) is 0.691. The number of hydrogen-bond acceptors (Lipinski definition) is 5. The van der Waals surface area contributed by atoms with Crippen molar-refractivity contribution in [3.63, 3.8) is 0 Å². The van der Waals surface area contributed by atoms with Gasteiger partial charge in [-0.15, -0.1) is 0 Å². The molecule has 0 radical (unpaired) electrons. The van der Waals surface area contributed by atoms with Crippen LogP contribution in [-0.4, -0.2) is 50.3 Å². The summed E-state index contributed by atoms with van der Waals surface area (Å²) in [6.45, 7) is 2.79. The van der Waals surface area contributed by atoms with Crippen molar-refractivity contribution in [2.75, 3.05) is 19.7 Å². The lowest BCUT2D eigenvalue weighted by molar-refractivity contribution is -0.124. The zero-order valence-corrected chi connectivity index (χ0v) is 17.5. The standard InChI is InChI=1S/C20H29N3O5S/c1-14-6-2-3-7-17(14)22-19(24)13-28-18-9-8-15(12-16(18)20(21)25)29(26,27)23-10-4-5-11-23/h8-9,12,14,17H,2-7,10-11,13H2,1H3,(H2,21,25)(H,22,24)/t14-,17-/m0/s1. The van der Waals surface area contributed by atoms with E-state index in [2.05, 4.69) is 12.2 Å². The van der Waals surface area contributed by atoms with Crippen molar-refractivity contribution >= 4 is 21.8 Å². The van der Waals surface area contributed by atoms with Crippen molar-refractivity contribution in [3.8, 4) is 5.75 Å². The predicted octanol–water partition coefficient (Wildman–Crippen LogP) is 1.64. The Balaban J connectivity index is 1.69. The predicted molar refractivity (Wildman–Crippen MR) is 108 cm³/mol. The molecule has 1 aromatic carbocycles. The molecule has 0 spiro atoms. The Labute approximate surface area is 171 Å². The van der Waals surface area contributed by atoms with E-state index >= 15 is 0 Å². The molecular weight excluding hydrogens is 394 g/mol. The molecule has 29 heavy (non-hydrogen) atoms. The number of nitrogens with zero attached hydrogens (tertiary/aromatic N) is 1. The summed E-state index contributed by atoms with van der Waals surface area (Å²) in [5, 5.41) is 2.98. The topological polar surface area (TPSA) is 119 Å². The average molecular weight is 424 g/mol. The van der Waals surface area contributed by atoms with Gasteiger partial charge in [0.05, 0.1) is 10.5 Å². The maximum absolute atomic E-state index is 12.7. The van der Waals surface area contributed by atoms with Crippen molar-refractivity contribution in [2.24, 2.45) is 11.7 Å². The first-order valence-electron chi connectivity index (χ1n) is 10.1. The van der Waals surface area contributed by atoms with Gasteiger partial charge in [-0.2, -0.15) is 4.31 Å². The van der Waals surface area contributed by atoms with Crippen LogP contribution in [0.15, 0.2) is 23.1 Å². The Hall–Kier alpha value is -2.13. The number of nitrogens with one attached hydrogen (secondary N) is 1. The molecule has 9 heteroatoms. The first-order chi connectivity index (χ1) is 13.8. The highest BCUT2D eigenvalue weighted by Gasteiger charge is 2.29. The van der Waals surface area contributed by atoms with Gasteiger partial charge in [-0.25, -0.2) is 8.42 Å². The van der Waals surface area contributed by atoms with Gasteiger partial charge in [0.1, 0.15) is 5.75 Å². The van der Waals surface area contributed by atoms with Gasteiger partial charge < -0.3 is 15.8 Å². The SMILES string of the molecule is C[C@H]1CCCC[C@@H]1NC(=O)COc1ccc(S(=O)(=O)N2CCCC2)cc1C(N)=O. The minimum Gasteiger partial charge on any atom is -0.483 e. The molecule has 2 fully saturated rings. The van der Waals surface area contributed by atoms with E-state index in [1.807, 2.05) is 0 Å². The molecule has 1 aliphatic carbocycles. The van der Waals surface area contributed by atoms with Crippen molar-refractivity contribution in [2.45, 2.75) is 56.4 Å². The molecule has 3 N–H and O–H groups in total. The highest BCUT2D eigenvalue weighted by atomic mass is 32.2. The van der Waals surface area contributed by atoms with E-state index in [1.165, 1.54) is 28.9 Å². The van der Waals surface area contributed by atoms with Crippen molar-refractivity contribution in [1.82, 2.24) is 9.62 Å². The molecule has 1 saturated heterocycles. The molecule has 3 rings (SSSR count). The fraction of sp³-hybridized carbons (Fsp3) is 0.600. The number of primary amides is 1. The van der Waals surface area contributed by atoms with Gasteiger partial charge in [0.15, 0.2) is 6.61 Å². The van der Waals surface area contributed by atoms with Gasteiger partial charge >= 0.3 is 0 Å². The number of ether oxygens (including phenoxy) is 1. The summed E-state index contributed by atoms with van der Waals surface area (Å²) < 4.78 is 32.3. The monoisotopic (exact) mass is 423 g/mol. The van der Waals surface area contributed by atoms with E-state index in [1.54, 1.807) is 0 Å². The maximum atomic E-state index is 12.7. The molecule has 8 nitrogen and oxygen atoms in total. The lowest BCUT2D eigenvalue weighted by atomic mass is 9.86. The summed E-state index contributed by atoms with van der Waals surface area (Å²) in [4.78, 5) is 24.1. The van der Waals surface area contributed by atoms with E-state index in [0.717, 1.165) is 32.1 Å². The lowest BCUT2D eigenvalue weighted by Gasteiger charge is -2.29. The third-order valence-electron chi connectivity index (χ3n) is 5.74. The van der Waals surface area contributed by atoms with E-state index in [0.29, 0.717) is 19.0 Å². The van der Waals surface area contributed by atoms with E-state index in [9.17, 15) is 18.0 Å². The number of amides is 2. The smallest absolute Gasteiger partial charge is 0.258 e. The van der Waals surface area contributed by atoms with E-state index in [4.69, 9.17) is 10.5 Å². The van der Waals surface area contributed by atoms with Crippen LogP contribution in [0.1, 0.15) is 55.8 Å². The molecule has 1 aliphatic heterocycles. The second-order valence-electron chi connectivity index (χ2n) is 7.86. The van der Waals surface area contributed by atoms with Crippen LogP contribution in [0.5, 0.6) is 5.75 Å². The van der Waals surface area contributed by atoms with E-state index in [-0.39, 0.29) is 34.8 Å². The second-order valence-corrected chi connectivity index (χ2v) is 9.80. The van der Waals surface area contributed by atoms with Crippen LogP contribution in [-0.2, 0) is 14.8 Å². The highest BCUT2D eigenvalue weighted by molar-refractivity contribution is 7.89. The van der Waals surface area contributed by atoms with Crippen LogP contribution in [0.3, 0.4) is 0 Å². The Bertz CT molecular complexity index is 865. The van der Waals surface area contributed by atoms with Crippen LogP contribution in [0, 0.1) is 5.92 Å². The molecule has 2 aliphatic rings. The fourth-order valence-corrected chi connectivity index (χ4v) is 5.53. The summed E-state index contributed by atoms with van der Waals surface area (Å²) in [6, 6.07) is 4.13. The molecule has 1 aromatic rings. The van der Waals surface area contributed by atoms with Crippen molar-refractivity contribution in [3.05, 3.63) is 23.8 Å². The minimum absolute atomic E-state index is 0.000956. The maximum Gasteiger partial charge on any atom is 0.258 e. The normalized spacial score (nSPS) is 22.9. The third-order valence-corrected chi connectivity index (χ3v) is 7.63. The van der Waals surface area contributed by atoms with Crippen molar-refractivity contribution in [1.29, 1.82) is 0 Å².